The Bertz CT molecular complexity index is 1840. The quantitative estimate of drug-likeness (QED) is 0.0374. The number of benzene rings is 3. The number of rotatable bonds is 13. The summed E-state index contributed by atoms with van der Waals surface area (Å²) in [7, 11) is 0. The molecule has 1 N–H and O–H groups in total. The second kappa shape index (κ2) is 14.8. The van der Waals surface area contributed by atoms with Gasteiger partial charge in [-0.1, -0.05) is 61.1 Å². The molecule has 9 nitrogen and oxygen atoms in total. The molecular formula is C36H36FN3O6S2. The number of thioether (sulfide) groups is 1. The van der Waals surface area contributed by atoms with E-state index < -0.39 is 17.7 Å². The van der Waals surface area contributed by atoms with Gasteiger partial charge in [-0.05, 0) is 79.4 Å². The van der Waals surface area contributed by atoms with Crippen LogP contribution < -0.4 is 19.1 Å². The number of aliphatic hydroxyl groups excluding tert-OH is 1. The summed E-state index contributed by atoms with van der Waals surface area (Å²) in [6.07, 6.45) is 3.65. The van der Waals surface area contributed by atoms with E-state index in [1.165, 1.54) is 28.8 Å². The first-order valence-corrected chi connectivity index (χ1v) is 17.8. The van der Waals surface area contributed by atoms with E-state index in [9.17, 15) is 19.1 Å². The number of carbonyl (C=O) groups excluding carboxylic acids is 2. The van der Waals surface area contributed by atoms with Crippen LogP contribution in [-0.2, 0) is 21.8 Å². The second-order valence-corrected chi connectivity index (χ2v) is 13.8. The third-order valence-corrected chi connectivity index (χ3v) is 10.2. The lowest BCUT2D eigenvalue weighted by Gasteiger charge is -2.23. The monoisotopic (exact) mass is 689 g/mol. The second-order valence-electron chi connectivity index (χ2n) is 11.6. The van der Waals surface area contributed by atoms with Crippen molar-refractivity contribution in [1.29, 1.82) is 0 Å². The minimum atomic E-state index is -1.02. The Morgan fingerprint density at radius 2 is 1.85 bits per heavy atom. The molecule has 2 atom stereocenters. The number of halogens is 1. The molecule has 0 aliphatic carbocycles. The molecule has 3 aromatic carbocycles. The molecule has 250 valence electrons. The molecule has 0 radical (unpaired) electrons. The molecule has 12 heteroatoms. The number of aliphatic hydroxyl groups is 1. The first-order valence-electron chi connectivity index (χ1n) is 16.0. The highest BCUT2D eigenvalue weighted by atomic mass is 32.2. The molecule has 4 aromatic rings. The standard InChI is InChI=1S/C36H36FN3O6S2/c1-4-6-7-16-45-28-15-10-23(19-29(28)44-5-2)31-30(32(41)24-11-14-27-25(18-24)17-21(3)46-27)33(42)34(43)40(31)35-38-39-36(48-35)47-20-22-8-12-26(37)13-9-22/h8-15,18-19,21,31,41H,4-7,16-17,20H2,1-3H3/b32-30+/t21-,31+/m1/s1. The summed E-state index contributed by atoms with van der Waals surface area (Å²) in [5, 5.41) is 20.5. The molecule has 0 saturated carbocycles. The van der Waals surface area contributed by atoms with Crippen LogP contribution in [0.4, 0.5) is 9.52 Å². The summed E-state index contributed by atoms with van der Waals surface area (Å²) >= 11 is 2.54. The third-order valence-electron chi connectivity index (χ3n) is 8.08. The Labute approximate surface area is 286 Å². The largest absolute Gasteiger partial charge is 0.507 e. The Kier molecular flexibility index (Phi) is 10.3. The van der Waals surface area contributed by atoms with Gasteiger partial charge in [0.25, 0.3) is 5.78 Å². The van der Waals surface area contributed by atoms with Gasteiger partial charge < -0.3 is 19.3 Å². The van der Waals surface area contributed by atoms with Gasteiger partial charge in [0.05, 0.1) is 24.8 Å². The average molecular weight is 690 g/mol. The minimum Gasteiger partial charge on any atom is -0.507 e. The van der Waals surface area contributed by atoms with Crippen LogP contribution in [0.5, 0.6) is 17.2 Å². The van der Waals surface area contributed by atoms with E-state index in [0.717, 1.165) is 47.5 Å². The van der Waals surface area contributed by atoms with Gasteiger partial charge in [-0.25, -0.2) is 4.39 Å². The molecule has 6 rings (SSSR count). The molecule has 3 heterocycles. The van der Waals surface area contributed by atoms with E-state index in [0.29, 0.717) is 52.4 Å². The first kappa shape index (κ1) is 33.5. The van der Waals surface area contributed by atoms with Crippen molar-refractivity contribution in [3.05, 3.63) is 94.3 Å². The Morgan fingerprint density at radius 1 is 1.04 bits per heavy atom. The topological polar surface area (TPSA) is 111 Å². The summed E-state index contributed by atoms with van der Waals surface area (Å²) < 4.78 is 31.8. The molecule has 2 aliphatic heterocycles. The average Bonchev–Trinajstić information content (AvgIpc) is 3.77. The van der Waals surface area contributed by atoms with Crippen LogP contribution in [-0.4, -0.2) is 46.3 Å². The summed E-state index contributed by atoms with van der Waals surface area (Å²) in [5.41, 5.74) is 2.68. The van der Waals surface area contributed by atoms with Crippen LogP contribution in [0, 0.1) is 5.82 Å². The van der Waals surface area contributed by atoms with E-state index in [1.807, 2.05) is 13.8 Å². The molecule has 48 heavy (non-hydrogen) atoms. The summed E-state index contributed by atoms with van der Waals surface area (Å²) in [4.78, 5) is 28.9. The lowest BCUT2D eigenvalue weighted by molar-refractivity contribution is -0.132. The van der Waals surface area contributed by atoms with Crippen LogP contribution in [0.15, 0.2) is 70.6 Å². The number of unbranched alkanes of at least 4 members (excludes halogenated alkanes) is 2. The third kappa shape index (κ3) is 7.05. The van der Waals surface area contributed by atoms with Crippen molar-refractivity contribution in [2.45, 2.75) is 68.7 Å². The summed E-state index contributed by atoms with van der Waals surface area (Å²) in [6.45, 7) is 6.85. The highest BCUT2D eigenvalue weighted by molar-refractivity contribution is 8.00. The lowest BCUT2D eigenvalue weighted by atomic mass is 9.94. The predicted octanol–water partition coefficient (Wildman–Crippen LogP) is 7.89. The van der Waals surface area contributed by atoms with E-state index in [4.69, 9.17) is 14.2 Å². The molecule has 1 saturated heterocycles. The number of carbonyl (C=O) groups is 2. The van der Waals surface area contributed by atoms with Crippen molar-refractivity contribution < 1.29 is 33.3 Å². The molecular weight excluding hydrogens is 654 g/mol. The number of fused-ring (bicyclic) bond motifs is 1. The Hall–Kier alpha value is -4.42. The molecule has 0 unspecified atom stereocenters. The fourth-order valence-electron chi connectivity index (χ4n) is 5.77. The maximum absolute atomic E-state index is 13.8. The van der Waals surface area contributed by atoms with Crippen LogP contribution >= 0.6 is 23.1 Å². The van der Waals surface area contributed by atoms with Gasteiger partial charge in [0, 0.05) is 17.7 Å². The smallest absolute Gasteiger partial charge is 0.301 e. The minimum absolute atomic E-state index is 0.00445. The summed E-state index contributed by atoms with van der Waals surface area (Å²) in [6, 6.07) is 15.7. The number of Topliss-reactive ketones (excluding diaryl/α,β-unsaturated/α-hetero) is 1. The summed E-state index contributed by atoms with van der Waals surface area (Å²) in [5.74, 6) is -0.0215. The SMILES string of the molecule is CCCCCOc1ccc([C@H]2/C(=C(\O)c3ccc4c(c3)C[C@@H](C)O4)C(=O)C(=O)N2c2nnc(SCc3ccc(F)cc3)s2)cc1OCC. The maximum atomic E-state index is 13.8. The van der Waals surface area contributed by atoms with Crippen molar-refractivity contribution in [1.82, 2.24) is 10.2 Å². The van der Waals surface area contributed by atoms with Crippen molar-refractivity contribution in [3.8, 4) is 17.2 Å². The highest BCUT2D eigenvalue weighted by Crippen LogP contribution is 2.46. The fourth-order valence-corrected chi connectivity index (χ4v) is 7.59. The van der Waals surface area contributed by atoms with Crippen LogP contribution in [0.2, 0.25) is 0 Å². The Balaban J connectivity index is 1.39. The molecule has 0 bridgehead atoms. The van der Waals surface area contributed by atoms with Crippen molar-refractivity contribution >= 4 is 45.7 Å². The number of nitrogens with zero attached hydrogens (tertiary/aromatic N) is 3. The van der Waals surface area contributed by atoms with Gasteiger partial charge in [0.2, 0.25) is 5.13 Å². The number of hydrogen-bond donors (Lipinski definition) is 1. The lowest BCUT2D eigenvalue weighted by Crippen LogP contribution is -2.29. The molecule has 1 amide bonds. The normalized spacial score (nSPS) is 18.2. The van der Waals surface area contributed by atoms with Gasteiger partial charge in [0.1, 0.15) is 23.4 Å². The van der Waals surface area contributed by atoms with E-state index in [2.05, 4.69) is 17.1 Å². The van der Waals surface area contributed by atoms with Gasteiger partial charge in [-0.2, -0.15) is 0 Å². The highest BCUT2D eigenvalue weighted by Gasteiger charge is 2.48. The van der Waals surface area contributed by atoms with Crippen molar-refractivity contribution in [3.63, 3.8) is 0 Å². The molecule has 1 aromatic heterocycles. The number of anilines is 1. The van der Waals surface area contributed by atoms with Crippen molar-refractivity contribution in [2.75, 3.05) is 18.1 Å². The van der Waals surface area contributed by atoms with Crippen LogP contribution in [0.25, 0.3) is 5.76 Å². The number of ether oxygens (including phenoxy) is 3. The van der Waals surface area contributed by atoms with Crippen LogP contribution in [0.3, 0.4) is 0 Å². The number of hydrogen-bond acceptors (Lipinski definition) is 10. The molecule has 2 aliphatic rings. The van der Waals surface area contributed by atoms with Gasteiger partial charge in [-0.3, -0.25) is 14.5 Å². The van der Waals surface area contributed by atoms with E-state index in [-0.39, 0.29) is 28.4 Å². The van der Waals surface area contributed by atoms with Crippen LogP contribution in [0.1, 0.15) is 68.3 Å². The van der Waals surface area contributed by atoms with Crippen molar-refractivity contribution in [2.24, 2.45) is 0 Å². The number of ketones is 1. The maximum Gasteiger partial charge on any atom is 0.301 e. The number of amides is 1. The Morgan fingerprint density at radius 3 is 2.62 bits per heavy atom. The predicted molar refractivity (Wildman–Crippen MR) is 184 cm³/mol. The fraction of sp³-hybridized carbons (Fsp3) is 0.333. The van der Waals surface area contributed by atoms with Gasteiger partial charge in [-0.15, -0.1) is 10.2 Å². The first-order chi connectivity index (χ1) is 23.3. The molecule has 0 spiro atoms. The zero-order chi connectivity index (χ0) is 33.8. The number of aromatic nitrogens is 2. The molecule has 1 fully saturated rings. The van der Waals surface area contributed by atoms with Gasteiger partial charge >= 0.3 is 5.91 Å². The van der Waals surface area contributed by atoms with E-state index in [1.54, 1.807) is 48.5 Å². The zero-order valence-electron chi connectivity index (χ0n) is 26.9. The zero-order valence-corrected chi connectivity index (χ0v) is 28.5. The van der Waals surface area contributed by atoms with Gasteiger partial charge in [0.15, 0.2) is 15.8 Å². The van der Waals surface area contributed by atoms with E-state index >= 15 is 0 Å².